The summed E-state index contributed by atoms with van der Waals surface area (Å²) in [4.78, 5) is 0. The van der Waals surface area contributed by atoms with Crippen molar-refractivity contribution in [2.45, 2.75) is 6.04 Å². The summed E-state index contributed by atoms with van der Waals surface area (Å²) in [6.45, 7) is -0.885. The van der Waals surface area contributed by atoms with Crippen LogP contribution in [0, 0.1) is 17.1 Å². The molecule has 0 fully saturated rings. The average Bonchev–Trinajstić information content (AvgIpc) is 2.18. The van der Waals surface area contributed by atoms with Crippen LogP contribution in [0.15, 0.2) is 12.1 Å². The van der Waals surface area contributed by atoms with Crippen LogP contribution < -0.4 is 5.73 Å². The molecule has 14 heavy (non-hydrogen) atoms. The fourth-order valence-electron chi connectivity index (χ4n) is 1.07. The number of nitriles is 1. The van der Waals surface area contributed by atoms with Gasteiger partial charge in [0, 0.05) is 5.56 Å². The summed E-state index contributed by atoms with van der Waals surface area (Å²) in [6, 6.07) is 2.58. The molecule has 0 unspecified atom stereocenters. The van der Waals surface area contributed by atoms with Gasteiger partial charge in [0.2, 0.25) is 0 Å². The Morgan fingerprint density at radius 3 is 2.71 bits per heavy atom. The van der Waals surface area contributed by atoms with Gasteiger partial charge in [-0.25, -0.2) is 8.78 Å². The molecule has 0 saturated carbocycles. The quantitative estimate of drug-likeness (QED) is 0.753. The zero-order chi connectivity index (χ0) is 10.7. The van der Waals surface area contributed by atoms with Crippen LogP contribution in [0.3, 0.4) is 0 Å². The lowest BCUT2D eigenvalue weighted by molar-refractivity contribution is 0.411. The molecule has 0 aliphatic carbocycles. The van der Waals surface area contributed by atoms with E-state index in [0.29, 0.717) is 0 Å². The highest BCUT2D eigenvalue weighted by Crippen LogP contribution is 2.28. The van der Waals surface area contributed by atoms with Gasteiger partial charge in [0.25, 0.3) is 0 Å². The maximum Gasteiger partial charge on any atom is 0.144 e. The lowest BCUT2D eigenvalue weighted by Gasteiger charge is -2.10. The molecule has 0 saturated heterocycles. The first-order chi connectivity index (χ1) is 6.61. The third-order valence-electron chi connectivity index (χ3n) is 1.84. The number of halogens is 2. The van der Waals surface area contributed by atoms with Crippen LogP contribution in [0.5, 0.6) is 5.75 Å². The highest BCUT2D eigenvalue weighted by atomic mass is 19.1. The van der Waals surface area contributed by atoms with Crippen molar-refractivity contribution in [3.63, 3.8) is 0 Å². The Kier molecular flexibility index (Phi) is 2.99. The van der Waals surface area contributed by atoms with E-state index in [4.69, 9.17) is 11.0 Å². The molecule has 3 nitrogen and oxygen atoms in total. The van der Waals surface area contributed by atoms with E-state index in [-0.39, 0.29) is 5.56 Å². The number of aromatic hydroxyl groups is 1. The maximum atomic E-state index is 12.9. The Labute approximate surface area is 79.4 Å². The normalized spacial score (nSPS) is 12.1. The van der Waals surface area contributed by atoms with Gasteiger partial charge in [0.15, 0.2) is 0 Å². The van der Waals surface area contributed by atoms with Gasteiger partial charge in [-0.15, -0.1) is 0 Å². The number of nitrogens with zero attached hydrogens (tertiary/aromatic N) is 1. The maximum absolute atomic E-state index is 12.9. The lowest BCUT2D eigenvalue weighted by atomic mass is 10.0. The third kappa shape index (κ3) is 1.65. The summed E-state index contributed by atoms with van der Waals surface area (Å²) in [5.74, 6) is -1.43. The molecular weight excluding hydrogens is 190 g/mol. The molecule has 0 bridgehead atoms. The van der Waals surface area contributed by atoms with Crippen molar-refractivity contribution in [3.05, 3.63) is 29.1 Å². The molecule has 3 N–H and O–H groups in total. The summed E-state index contributed by atoms with van der Waals surface area (Å²) in [7, 11) is 0. The van der Waals surface area contributed by atoms with Crippen molar-refractivity contribution in [2.24, 2.45) is 5.73 Å². The number of hydrogen-bond acceptors (Lipinski definition) is 3. The topological polar surface area (TPSA) is 70.0 Å². The molecule has 1 rings (SSSR count). The molecule has 1 aromatic carbocycles. The fourth-order valence-corrected chi connectivity index (χ4v) is 1.07. The number of benzene rings is 1. The molecule has 1 aromatic rings. The highest BCUT2D eigenvalue weighted by Gasteiger charge is 2.16. The van der Waals surface area contributed by atoms with E-state index in [1.165, 1.54) is 6.07 Å². The van der Waals surface area contributed by atoms with E-state index >= 15 is 0 Å². The smallest absolute Gasteiger partial charge is 0.144 e. The summed E-state index contributed by atoms with van der Waals surface area (Å²) in [6.07, 6.45) is 0. The molecule has 0 aromatic heterocycles. The third-order valence-corrected chi connectivity index (χ3v) is 1.84. The van der Waals surface area contributed by atoms with Crippen LogP contribution in [0.2, 0.25) is 0 Å². The second kappa shape index (κ2) is 4.03. The first-order valence-corrected chi connectivity index (χ1v) is 3.84. The largest absolute Gasteiger partial charge is 0.506 e. The predicted molar refractivity (Wildman–Crippen MR) is 45.7 cm³/mol. The van der Waals surface area contributed by atoms with Crippen LogP contribution in [-0.2, 0) is 0 Å². The predicted octanol–water partition coefficient (Wildman–Crippen LogP) is 1.37. The monoisotopic (exact) mass is 198 g/mol. The summed E-state index contributed by atoms with van der Waals surface area (Å²) in [5.41, 5.74) is 4.83. The minimum Gasteiger partial charge on any atom is -0.506 e. The van der Waals surface area contributed by atoms with E-state index in [2.05, 4.69) is 0 Å². The van der Waals surface area contributed by atoms with Crippen LogP contribution in [0.4, 0.5) is 8.78 Å². The van der Waals surface area contributed by atoms with E-state index in [1.54, 1.807) is 0 Å². The first kappa shape index (κ1) is 10.4. The molecule has 5 heteroatoms. The molecule has 0 amide bonds. The number of phenols is 1. The van der Waals surface area contributed by atoms with Crippen molar-refractivity contribution in [2.75, 3.05) is 6.67 Å². The fraction of sp³-hybridized carbons (Fsp3) is 0.222. The molecule has 0 aliphatic rings. The van der Waals surface area contributed by atoms with Gasteiger partial charge >= 0.3 is 0 Å². The number of phenolic OH excluding ortho intramolecular Hbond substituents is 1. The van der Waals surface area contributed by atoms with Crippen molar-refractivity contribution < 1.29 is 13.9 Å². The molecular formula is C9H8F2N2O. The average molecular weight is 198 g/mol. The van der Waals surface area contributed by atoms with Gasteiger partial charge in [-0.1, -0.05) is 6.07 Å². The van der Waals surface area contributed by atoms with Crippen LogP contribution >= 0.6 is 0 Å². The van der Waals surface area contributed by atoms with Crippen molar-refractivity contribution in [3.8, 4) is 11.8 Å². The van der Waals surface area contributed by atoms with Gasteiger partial charge < -0.3 is 10.8 Å². The molecule has 0 spiro atoms. The van der Waals surface area contributed by atoms with E-state index < -0.39 is 29.8 Å². The van der Waals surface area contributed by atoms with E-state index in [1.807, 2.05) is 0 Å². The van der Waals surface area contributed by atoms with Crippen molar-refractivity contribution in [1.82, 2.24) is 0 Å². The number of nitrogens with two attached hydrogens (primary N) is 1. The second-order valence-electron chi connectivity index (χ2n) is 2.73. The van der Waals surface area contributed by atoms with Crippen LogP contribution in [-0.4, -0.2) is 11.8 Å². The minimum atomic E-state index is -1.04. The van der Waals surface area contributed by atoms with Gasteiger partial charge in [-0.2, -0.15) is 5.26 Å². The van der Waals surface area contributed by atoms with Crippen molar-refractivity contribution >= 4 is 0 Å². The standard InChI is InChI=1S/C9H8F2N2O/c10-3-8(13)5-1-2-7(11)6(4-12)9(5)14/h1-2,8,14H,3,13H2/t8-/m1/s1. The summed E-state index contributed by atoms with van der Waals surface area (Å²) >= 11 is 0. The molecule has 74 valence electrons. The minimum absolute atomic E-state index is 0.0328. The summed E-state index contributed by atoms with van der Waals surface area (Å²) < 4.78 is 25.1. The highest BCUT2D eigenvalue weighted by molar-refractivity contribution is 5.49. The Morgan fingerprint density at radius 2 is 2.21 bits per heavy atom. The summed E-state index contributed by atoms with van der Waals surface area (Å²) in [5, 5.41) is 17.9. The molecule has 0 radical (unpaired) electrons. The number of rotatable bonds is 2. The van der Waals surface area contributed by atoms with E-state index in [0.717, 1.165) is 12.1 Å². The van der Waals surface area contributed by atoms with Crippen LogP contribution in [0.25, 0.3) is 0 Å². The number of alkyl halides is 1. The zero-order valence-corrected chi connectivity index (χ0v) is 7.17. The Balaban J connectivity index is 3.30. The molecule has 0 aliphatic heterocycles. The van der Waals surface area contributed by atoms with E-state index in [9.17, 15) is 13.9 Å². The van der Waals surface area contributed by atoms with Gasteiger partial charge in [-0.3, -0.25) is 0 Å². The Hall–Kier alpha value is -1.67. The first-order valence-electron chi connectivity index (χ1n) is 3.84. The second-order valence-corrected chi connectivity index (χ2v) is 2.73. The lowest BCUT2D eigenvalue weighted by Crippen LogP contribution is -2.13. The molecule has 0 heterocycles. The van der Waals surface area contributed by atoms with Crippen LogP contribution in [0.1, 0.15) is 17.2 Å². The zero-order valence-electron chi connectivity index (χ0n) is 7.17. The SMILES string of the molecule is N#Cc1c(F)ccc([C@H](N)CF)c1O. The number of hydrogen-bond donors (Lipinski definition) is 2. The van der Waals surface area contributed by atoms with Gasteiger partial charge in [0.1, 0.15) is 29.9 Å². The molecule has 1 atom stereocenters. The van der Waals surface area contributed by atoms with Gasteiger partial charge in [-0.05, 0) is 6.07 Å². The van der Waals surface area contributed by atoms with Crippen molar-refractivity contribution in [1.29, 1.82) is 5.26 Å². The Morgan fingerprint density at radius 1 is 1.57 bits per heavy atom. The van der Waals surface area contributed by atoms with Gasteiger partial charge in [0.05, 0.1) is 6.04 Å². The Bertz CT molecular complexity index is 387.